The van der Waals surface area contributed by atoms with Crippen LogP contribution in [0.5, 0.6) is 0 Å². The smallest absolute Gasteiger partial charge is 0.311 e. The van der Waals surface area contributed by atoms with Gasteiger partial charge in [0.25, 0.3) is 0 Å². The lowest BCUT2D eigenvalue weighted by Crippen LogP contribution is -2.54. The number of carbonyl (C=O) groups excluding carboxylic acids is 2. The van der Waals surface area contributed by atoms with Crippen LogP contribution in [-0.4, -0.2) is 38.1 Å². The van der Waals surface area contributed by atoms with Gasteiger partial charge in [-0.2, -0.15) is 0 Å². The van der Waals surface area contributed by atoms with Crippen molar-refractivity contribution in [2.75, 3.05) is 20.3 Å². The first-order valence-corrected chi connectivity index (χ1v) is 13.4. The van der Waals surface area contributed by atoms with Crippen molar-refractivity contribution < 1.29 is 19.1 Å². The minimum Gasteiger partial charge on any atom is -0.462 e. The highest BCUT2D eigenvalue weighted by atomic mass is 16.5. The summed E-state index contributed by atoms with van der Waals surface area (Å²) in [6.45, 7) is 7.38. The molecule has 0 aromatic heterocycles. The molecule has 0 aliphatic heterocycles. The van der Waals surface area contributed by atoms with Gasteiger partial charge in [-0.15, -0.1) is 0 Å². The van der Waals surface area contributed by atoms with E-state index in [1.807, 2.05) is 0 Å². The molecule has 4 saturated carbocycles. The van der Waals surface area contributed by atoms with Crippen LogP contribution in [0.25, 0.3) is 10.4 Å². The summed E-state index contributed by atoms with van der Waals surface area (Å²) in [4.78, 5) is 26.9. The Morgan fingerprint density at radius 3 is 2.53 bits per heavy atom. The fourth-order valence-corrected chi connectivity index (χ4v) is 9.33. The van der Waals surface area contributed by atoms with Crippen LogP contribution in [0.1, 0.15) is 85.0 Å². The molecule has 0 saturated heterocycles. The molecular formula is C27H43N3O4. The summed E-state index contributed by atoms with van der Waals surface area (Å²) in [7, 11) is 1.61. The van der Waals surface area contributed by atoms with Crippen molar-refractivity contribution in [2.45, 2.75) is 91.1 Å². The molecular weight excluding hydrogens is 430 g/mol. The fraction of sp³-hybridized carbons (Fsp3) is 0.926. The van der Waals surface area contributed by atoms with Crippen molar-refractivity contribution in [3.8, 4) is 0 Å². The third-order valence-corrected chi connectivity index (χ3v) is 10.8. The molecule has 0 aromatic carbocycles. The van der Waals surface area contributed by atoms with E-state index in [4.69, 9.17) is 15.0 Å². The van der Waals surface area contributed by atoms with Crippen molar-refractivity contribution >= 4 is 11.8 Å². The molecule has 4 aliphatic carbocycles. The number of azide groups is 1. The Morgan fingerprint density at radius 1 is 1.06 bits per heavy atom. The molecule has 4 fully saturated rings. The van der Waals surface area contributed by atoms with Gasteiger partial charge in [0.1, 0.15) is 19.3 Å². The average Bonchev–Trinajstić information content (AvgIpc) is 3.15. The van der Waals surface area contributed by atoms with Crippen molar-refractivity contribution in [3.63, 3.8) is 0 Å². The maximum absolute atomic E-state index is 12.3. The third kappa shape index (κ3) is 4.63. The van der Waals surface area contributed by atoms with E-state index >= 15 is 0 Å². The lowest BCUT2D eigenvalue weighted by atomic mass is 9.44. The lowest BCUT2D eigenvalue weighted by molar-refractivity contribution is -0.161. The van der Waals surface area contributed by atoms with Gasteiger partial charge >= 0.3 is 5.97 Å². The molecule has 9 atom stereocenters. The zero-order valence-electron chi connectivity index (χ0n) is 21.5. The van der Waals surface area contributed by atoms with E-state index < -0.39 is 5.97 Å². The van der Waals surface area contributed by atoms with E-state index in [9.17, 15) is 9.59 Å². The molecule has 0 bridgehead atoms. The van der Waals surface area contributed by atoms with E-state index in [1.165, 1.54) is 38.5 Å². The van der Waals surface area contributed by atoms with Crippen LogP contribution in [0.3, 0.4) is 0 Å². The second-order valence-electron chi connectivity index (χ2n) is 12.3. The summed E-state index contributed by atoms with van der Waals surface area (Å²) in [6, 6.07) is 0. The number of hydrogen-bond donors (Lipinski definition) is 0. The molecule has 7 heteroatoms. The normalized spacial score (nSPS) is 41.9. The number of rotatable bonds is 8. The molecule has 0 aromatic rings. The van der Waals surface area contributed by atoms with Gasteiger partial charge in [0.05, 0.1) is 0 Å². The average molecular weight is 474 g/mol. The first-order chi connectivity index (χ1) is 16.2. The number of carbonyl (C=O) groups is 2. The van der Waals surface area contributed by atoms with Crippen molar-refractivity contribution in [2.24, 2.45) is 51.5 Å². The summed E-state index contributed by atoms with van der Waals surface area (Å²) >= 11 is 0. The molecule has 8 unspecified atom stereocenters. The van der Waals surface area contributed by atoms with E-state index in [1.54, 1.807) is 7.11 Å². The van der Waals surface area contributed by atoms with Crippen LogP contribution in [-0.2, 0) is 19.1 Å². The number of esters is 1. The zero-order valence-corrected chi connectivity index (χ0v) is 21.5. The number of hydrogen-bond acceptors (Lipinski definition) is 5. The predicted octanol–water partition coefficient (Wildman–Crippen LogP) is 6.11. The summed E-state index contributed by atoms with van der Waals surface area (Å²) in [5, 5.41) is 3.35. The van der Waals surface area contributed by atoms with Gasteiger partial charge in [-0.1, -0.05) is 25.9 Å². The van der Waals surface area contributed by atoms with E-state index in [-0.39, 0.29) is 25.0 Å². The fourth-order valence-electron chi connectivity index (χ4n) is 9.33. The number of Topliss-reactive ketones (excluding diaryl/α,β-unsaturated/α-hetero) is 1. The molecule has 4 rings (SSSR count). The third-order valence-electron chi connectivity index (χ3n) is 10.8. The van der Waals surface area contributed by atoms with E-state index in [0.717, 1.165) is 37.0 Å². The quantitative estimate of drug-likeness (QED) is 0.184. The minimum atomic E-state index is -0.399. The maximum Gasteiger partial charge on any atom is 0.311 e. The molecule has 0 spiro atoms. The van der Waals surface area contributed by atoms with Gasteiger partial charge in [0, 0.05) is 18.4 Å². The van der Waals surface area contributed by atoms with Crippen molar-refractivity contribution in [3.05, 3.63) is 10.4 Å². The summed E-state index contributed by atoms with van der Waals surface area (Å²) in [6.07, 6.45) is 11.2. The standard InChI is InChI=1S/C27H43N3O4/c1-17(13-19(31)16-33-4)22-7-8-23-21-6-5-18-14-20(34-25(32)15-29-30-28)9-11-26(18,2)24(21)10-12-27(22,23)3/h17-18,20-24H,5-16H2,1-4H3/t17-,18?,20?,21?,22?,23?,24?,26?,27?/m1/s1. The molecule has 0 amide bonds. The van der Waals surface area contributed by atoms with Crippen molar-refractivity contribution in [1.82, 2.24) is 0 Å². The summed E-state index contributed by atoms with van der Waals surface area (Å²) in [5.74, 6) is 3.82. The van der Waals surface area contributed by atoms with Crippen molar-refractivity contribution in [1.29, 1.82) is 0 Å². The summed E-state index contributed by atoms with van der Waals surface area (Å²) in [5.41, 5.74) is 9.12. The lowest BCUT2D eigenvalue weighted by Gasteiger charge is -2.61. The van der Waals surface area contributed by atoms with Gasteiger partial charge in [0.15, 0.2) is 5.78 Å². The minimum absolute atomic E-state index is 0.0359. The molecule has 34 heavy (non-hydrogen) atoms. The number of fused-ring (bicyclic) bond motifs is 5. The van der Waals surface area contributed by atoms with Crippen LogP contribution in [0.15, 0.2) is 5.11 Å². The van der Waals surface area contributed by atoms with Gasteiger partial charge in [-0.05, 0) is 110 Å². The Labute approximate surface area is 204 Å². The SMILES string of the molecule is COCC(=O)C[C@@H](C)C1CCC2C3CCC4CC(OC(=O)CN=[N+]=[N-])CCC4(C)C3CCC21C. The topological polar surface area (TPSA) is 101 Å². The van der Waals surface area contributed by atoms with Crippen LogP contribution < -0.4 is 0 Å². The second kappa shape index (κ2) is 10.2. The highest BCUT2D eigenvalue weighted by Gasteiger charge is 2.60. The van der Waals surface area contributed by atoms with Gasteiger partial charge in [0.2, 0.25) is 0 Å². The largest absolute Gasteiger partial charge is 0.462 e. The second-order valence-corrected chi connectivity index (χ2v) is 12.3. The zero-order chi connectivity index (χ0) is 24.5. The van der Waals surface area contributed by atoms with Crippen LogP contribution in [0, 0.1) is 46.3 Å². The Balaban J connectivity index is 1.41. The highest BCUT2D eigenvalue weighted by Crippen LogP contribution is 2.68. The highest BCUT2D eigenvalue weighted by molar-refractivity contribution is 5.79. The van der Waals surface area contributed by atoms with E-state index in [2.05, 4.69) is 30.8 Å². The van der Waals surface area contributed by atoms with E-state index in [0.29, 0.717) is 35.0 Å². The van der Waals surface area contributed by atoms with Crippen LogP contribution >= 0.6 is 0 Å². The molecule has 7 nitrogen and oxygen atoms in total. The predicted molar refractivity (Wildman–Crippen MR) is 130 cm³/mol. The Hall–Kier alpha value is -1.59. The molecule has 190 valence electrons. The first kappa shape index (κ1) is 25.5. The van der Waals surface area contributed by atoms with Gasteiger partial charge < -0.3 is 9.47 Å². The molecule has 4 aliphatic rings. The number of ether oxygens (including phenoxy) is 2. The molecule has 0 radical (unpaired) electrons. The Kier molecular flexibility index (Phi) is 7.64. The number of ketones is 1. The number of nitrogens with zero attached hydrogens (tertiary/aromatic N) is 3. The molecule has 0 N–H and O–H groups in total. The molecule has 0 heterocycles. The summed E-state index contributed by atoms with van der Waals surface area (Å²) < 4.78 is 10.7. The monoisotopic (exact) mass is 473 g/mol. The van der Waals surface area contributed by atoms with Crippen LogP contribution in [0.2, 0.25) is 0 Å². The first-order valence-electron chi connectivity index (χ1n) is 13.4. The number of methoxy groups -OCH3 is 1. The van der Waals surface area contributed by atoms with Crippen LogP contribution in [0.4, 0.5) is 0 Å². The Bertz CT molecular complexity index is 827. The van der Waals surface area contributed by atoms with Gasteiger partial charge in [-0.25, -0.2) is 0 Å². The Morgan fingerprint density at radius 2 is 1.79 bits per heavy atom. The van der Waals surface area contributed by atoms with Gasteiger partial charge in [-0.3, -0.25) is 9.59 Å². The maximum atomic E-state index is 12.3.